The number of aryl methyl sites for hydroxylation is 1. The molecule has 0 amide bonds. The maximum Gasteiger partial charge on any atom is 0.280 e. The SMILES string of the molecule is Cc1ccc(C#N)nc1C(F)F. The molecule has 0 bridgehead atoms. The molecular weight excluding hydrogens is 162 g/mol. The van der Waals surface area contributed by atoms with Gasteiger partial charge >= 0.3 is 0 Å². The number of pyridine rings is 1. The Morgan fingerprint density at radius 2 is 2.17 bits per heavy atom. The van der Waals surface area contributed by atoms with Crippen molar-refractivity contribution >= 4 is 0 Å². The first-order valence-corrected chi connectivity index (χ1v) is 3.31. The number of hydrogen-bond acceptors (Lipinski definition) is 2. The smallest absolute Gasteiger partial charge is 0.236 e. The predicted octanol–water partition coefficient (Wildman–Crippen LogP) is 2.20. The Labute approximate surface area is 68.5 Å². The van der Waals surface area contributed by atoms with Crippen LogP contribution in [0.3, 0.4) is 0 Å². The van der Waals surface area contributed by atoms with Gasteiger partial charge in [-0.05, 0) is 18.6 Å². The second-order valence-corrected chi connectivity index (χ2v) is 2.31. The van der Waals surface area contributed by atoms with Crippen LogP contribution in [0.15, 0.2) is 12.1 Å². The van der Waals surface area contributed by atoms with Gasteiger partial charge in [0, 0.05) is 0 Å². The number of nitrogens with zero attached hydrogens (tertiary/aromatic N) is 2. The van der Waals surface area contributed by atoms with Gasteiger partial charge in [0.1, 0.15) is 17.5 Å². The average Bonchev–Trinajstić information content (AvgIpc) is 2.05. The van der Waals surface area contributed by atoms with Gasteiger partial charge in [-0.2, -0.15) is 5.26 Å². The largest absolute Gasteiger partial charge is 0.280 e. The molecule has 0 radical (unpaired) electrons. The van der Waals surface area contributed by atoms with Crippen molar-refractivity contribution in [2.45, 2.75) is 13.3 Å². The van der Waals surface area contributed by atoms with E-state index in [1.807, 2.05) is 0 Å². The molecule has 0 saturated heterocycles. The van der Waals surface area contributed by atoms with Crippen LogP contribution in [0.4, 0.5) is 8.78 Å². The van der Waals surface area contributed by atoms with Gasteiger partial charge < -0.3 is 0 Å². The topological polar surface area (TPSA) is 36.7 Å². The highest BCUT2D eigenvalue weighted by Gasteiger charge is 2.12. The van der Waals surface area contributed by atoms with E-state index < -0.39 is 6.43 Å². The normalized spacial score (nSPS) is 9.92. The van der Waals surface area contributed by atoms with Crippen LogP contribution in [0, 0.1) is 18.3 Å². The summed E-state index contributed by atoms with van der Waals surface area (Å²) in [4.78, 5) is 3.48. The number of rotatable bonds is 1. The molecular formula is C8H6F2N2. The Bertz CT molecular complexity index is 328. The van der Waals surface area contributed by atoms with Crippen molar-refractivity contribution in [2.24, 2.45) is 0 Å². The van der Waals surface area contributed by atoms with Crippen molar-refractivity contribution < 1.29 is 8.78 Å². The molecule has 0 aromatic carbocycles. The lowest BCUT2D eigenvalue weighted by atomic mass is 10.2. The fourth-order valence-electron chi connectivity index (χ4n) is 0.828. The van der Waals surface area contributed by atoms with Gasteiger partial charge in [0.05, 0.1) is 0 Å². The van der Waals surface area contributed by atoms with Gasteiger partial charge in [0.15, 0.2) is 0 Å². The Kier molecular flexibility index (Phi) is 2.34. The summed E-state index contributed by atoms with van der Waals surface area (Å²) in [5.74, 6) is 0. The fraction of sp³-hybridized carbons (Fsp3) is 0.250. The van der Waals surface area contributed by atoms with Crippen LogP contribution >= 0.6 is 0 Å². The van der Waals surface area contributed by atoms with E-state index in [2.05, 4.69) is 4.98 Å². The molecule has 1 heterocycles. The lowest BCUT2D eigenvalue weighted by Crippen LogP contribution is -1.96. The van der Waals surface area contributed by atoms with Crippen LogP contribution in [-0.4, -0.2) is 4.98 Å². The molecule has 1 aromatic heterocycles. The molecule has 2 nitrogen and oxygen atoms in total. The third-order valence-electron chi connectivity index (χ3n) is 1.46. The van der Waals surface area contributed by atoms with E-state index >= 15 is 0 Å². The summed E-state index contributed by atoms with van der Waals surface area (Å²) in [7, 11) is 0. The van der Waals surface area contributed by atoms with Crippen molar-refractivity contribution in [1.82, 2.24) is 4.98 Å². The number of halogens is 2. The highest BCUT2D eigenvalue weighted by molar-refractivity contribution is 5.28. The lowest BCUT2D eigenvalue weighted by Gasteiger charge is -2.02. The molecule has 0 spiro atoms. The van der Waals surface area contributed by atoms with Crippen molar-refractivity contribution in [2.75, 3.05) is 0 Å². The van der Waals surface area contributed by atoms with Crippen LogP contribution in [0.2, 0.25) is 0 Å². The Morgan fingerprint density at radius 3 is 2.67 bits per heavy atom. The fourth-order valence-corrected chi connectivity index (χ4v) is 0.828. The number of hydrogen-bond donors (Lipinski definition) is 0. The Morgan fingerprint density at radius 1 is 1.50 bits per heavy atom. The van der Waals surface area contributed by atoms with Crippen LogP contribution in [0.5, 0.6) is 0 Å². The summed E-state index contributed by atoms with van der Waals surface area (Å²) < 4.78 is 24.3. The lowest BCUT2D eigenvalue weighted by molar-refractivity contribution is 0.145. The maximum atomic E-state index is 12.2. The minimum Gasteiger partial charge on any atom is -0.236 e. The van der Waals surface area contributed by atoms with Crippen LogP contribution in [-0.2, 0) is 0 Å². The highest BCUT2D eigenvalue weighted by atomic mass is 19.3. The Hall–Kier alpha value is -1.50. The molecule has 0 aliphatic rings. The summed E-state index contributed by atoms with van der Waals surface area (Å²) in [6, 6.07) is 4.59. The number of alkyl halides is 2. The molecule has 62 valence electrons. The van der Waals surface area contributed by atoms with Gasteiger partial charge in [-0.15, -0.1) is 0 Å². The van der Waals surface area contributed by atoms with Crippen LogP contribution in [0.25, 0.3) is 0 Å². The summed E-state index contributed by atoms with van der Waals surface area (Å²) in [5, 5.41) is 8.38. The van der Waals surface area contributed by atoms with Crippen LogP contribution in [0.1, 0.15) is 23.4 Å². The molecule has 0 atom stereocenters. The summed E-state index contributed by atoms with van der Waals surface area (Å²) in [6.07, 6.45) is -2.61. The maximum absolute atomic E-state index is 12.2. The first-order chi connectivity index (χ1) is 5.65. The molecule has 0 saturated carbocycles. The number of aromatic nitrogens is 1. The van der Waals surface area contributed by atoms with Crippen molar-refractivity contribution in [3.63, 3.8) is 0 Å². The molecule has 4 heteroatoms. The van der Waals surface area contributed by atoms with E-state index in [9.17, 15) is 8.78 Å². The first-order valence-electron chi connectivity index (χ1n) is 3.31. The molecule has 12 heavy (non-hydrogen) atoms. The highest BCUT2D eigenvalue weighted by Crippen LogP contribution is 2.19. The van der Waals surface area contributed by atoms with Crippen molar-refractivity contribution in [3.05, 3.63) is 29.1 Å². The third-order valence-corrected chi connectivity index (χ3v) is 1.46. The van der Waals surface area contributed by atoms with Gasteiger partial charge in [-0.1, -0.05) is 6.07 Å². The van der Waals surface area contributed by atoms with Gasteiger partial charge in [0.2, 0.25) is 0 Å². The Balaban J connectivity index is 3.19. The van der Waals surface area contributed by atoms with Gasteiger partial charge in [0.25, 0.3) is 6.43 Å². The molecule has 0 fully saturated rings. The first kappa shape index (κ1) is 8.60. The zero-order valence-corrected chi connectivity index (χ0v) is 6.38. The molecule has 1 rings (SSSR count). The third kappa shape index (κ3) is 1.56. The molecule has 1 aromatic rings. The van der Waals surface area contributed by atoms with E-state index in [1.54, 1.807) is 6.07 Å². The van der Waals surface area contributed by atoms with E-state index in [1.165, 1.54) is 19.1 Å². The van der Waals surface area contributed by atoms with E-state index in [0.29, 0.717) is 5.56 Å². The minimum atomic E-state index is -2.61. The molecule has 0 unspecified atom stereocenters. The second-order valence-electron chi connectivity index (χ2n) is 2.31. The molecule has 0 aliphatic heterocycles. The summed E-state index contributed by atoms with van der Waals surface area (Å²) >= 11 is 0. The van der Waals surface area contributed by atoms with E-state index in [-0.39, 0.29) is 11.4 Å². The quantitative estimate of drug-likeness (QED) is 0.644. The average molecular weight is 168 g/mol. The van der Waals surface area contributed by atoms with Crippen molar-refractivity contribution in [1.29, 1.82) is 5.26 Å². The second kappa shape index (κ2) is 3.26. The molecule has 0 N–H and O–H groups in total. The standard InChI is InChI=1S/C8H6F2N2/c1-5-2-3-6(4-11)12-7(5)8(9)10/h2-3,8H,1H3. The van der Waals surface area contributed by atoms with Crippen LogP contribution < -0.4 is 0 Å². The van der Waals surface area contributed by atoms with Gasteiger partial charge in [-0.3, -0.25) is 0 Å². The monoisotopic (exact) mass is 168 g/mol. The summed E-state index contributed by atoms with van der Waals surface area (Å²) in [6.45, 7) is 1.54. The van der Waals surface area contributed by atoms with Gasteiger partial charge in [-0.25, -0.2) is 13.8 Å². The minimum absolute atomic E-state index is 0.0240. The summed E-state index contributed by atoms with van der Waals surface area (Å²) in [5.41, 5.74) is 0.119. The number of nitriles is 1. The van der Waals surface area contributed by atoms with Crippen molar-refractivity contribution in [3.8, 4) is 6.07 Å². The van der Waals surface area contributed by atoms with E-state index in [0.717, 1.165) is 0 Å². The zero-order chi connectivity index (χ0) is 9.14. The predicted molar refractivity (Wildman–Crippen MR) is 38.6 cm³/mol. The zero-order valence-electron chi connectivity index (χ0n) is 6.38. The van der Waals surface area contributed by atoms with E-state index in [4.69, 9.17) is 5.26 Å². The molecule has 0 aliphatic carbocycles.